The van der Waals surface area contributed by atoms with E-state index in [9.17, 15) is 18.0 Å². The number of hydrogen-bond donors (Lipinski definition) is 1. The molecule has 1 saturated heterocycles. The Labute approximate surface area is 211 Å². The molecule has 3 atom stereocenters. The number of carbonyl (C=O) groups is 1. The molecule has 0 saturated carbocycles. The first-order valence-corrected chi connectivity index (χ1v) is 11.9. The third-order valence-electron chi connectivity index (χ3n) is 6.30. The van der Waals surface area contributed by atoms with E-state index in [1.54, 1.807) is 17.0 Å². The van der Waals surface area contributed by atoms with Gasteiger partial charge in [0.25, 0.3) is 0 Å². The second kappa shape index (κ2) is 10.2. The number of guanidine groups is 1. The van der Waals surface area contributed by atoms with Crippen LogP contribution in [0.25, 0.3) is 0 Å². The number of benzene rings is 1. The molecule has 2 aromatic rings. The van der Waals surface area contributed by atoms with Crippen LogP contribution < -0.4 is 10.5 Å². The maximum atomic E-state index is 13.2. The Balaban J connectivity index is 1.53. The Kier molecular flexibility index (Phi) is 7.42. The van der Waals surface area contributed by atoms with E-state index in [0.717, 1.165) is 0 Å². The van der Waals surface area contributed by atoms with Gasteiger partial charge in [-0.1, -0.05) is 29.8 Å². The molecule has 0 spiro atoms. The molecular weight excluding hydrogens is 499 g/mol. The average Bonchev–Trinajstić information content (AvgIpc) is 2.79. The lowest BCUT2D eigenvalue weighted by atomic mass is 9.85. The first-order valence-electron chi connectivity index (χ1n) is 11.5. The smallest absolute Gasteiger partial charge is 0.422 e. The van der Waals surface area contributed by atoms with Gasteiger partial charge in [0.1, 0.15) is 0 Å². The number of nitrogens with zero attached hydrogens (tertiary/aromatic N) is 4. The molecular formula is C24H27ClF3N5O3. The molecule has 1 aromatic heterocycles. The van der Waals surface area contributed by atoms with Crippen molar-refractivity contribution in [3.05, 3.63) is 52.2 Å². The molecule has 36 heavy (non-hydrogen) atoms. The van der Waals surface area contributed by atoms with Crippen molar-refractivity contribution in [3.63, 3.8) is 0 Å². The minimum Gasteiger partial charge on any atom is -0.467 e. The molecule has 194 valence electrons. The summed E-state index contributed by atoms with van der Waals surface area (Å²) < 4.78 is 47.2. The Bertz CT molecular complexity index is 1140. The molecule has 1 amide bonds. The van der Waals surface area contributed by atoms with Gasteiger partial charge in [-0.15, -0.1) is 5.10 Å². The van der Waals surface area contributed by atoms with Gasteiger partial charge in [0.2, 0.25) is 11.8 Å². The summed E-state index contributed by atoms with van der Waals surface area (Å²) in [6, 6.07) is 8.21. The molecule has 2 aliphatic heterocycles. The summed E-state index contributed by atoms with van der Waals surface area (Å²) in [7, 11) is 0. The Hall–Kier alpha value is -2.92. The van der Waals surface area contributed by atoms with Crippen molar-refractivity contribution in [2.75, 3.05) is 13.2 Å². The van der Waals surface area contributed by atoms with E-state index >= 15 is 0 Å². The van der Waals surface area contributed by atoms with Crippen molar-refractivity contribution in [3.8, 4) is 5.88 Å². The summed E-state index contributed by atoms with van der Waals surface area (Å²) >= 11 is 6.76. The molecule has 8 nitrogen and oxygen atoms in total. The number of hydrogen-bond acceptors (Lipinski definition) is 7. The van der Waals surface area contributed by atoms with Gasteiger partial charge in [-0.2, -0.15) is 18.3 Å². The summed E-state index contributed by atoms with van der Waals surface area (Å²) in [5, 5.41) is 8.06. The Morgan fingerprint density at radius 2 is 2.06 bits per heavy atom. The minimum absolute atomic E-state index is 0.0390. The summed E-state index contributed by atoms with van der Waals surface area (Å²) in [5.74, 6) is -0.182. The van der Waals surface area contributed by atoms with Gasteiger partial charge in [-0.25, -0.2) is 4.99 Å². The van der Waals surface area contributed by atoms with Gasteiger partial charge < -0.3 is 15.2 Å². The van der Waals surface area contributed by atoms with Crippen molar-refractivity contribution < 1.29 is 27.4 Å². The number of amides is 1. The lowest BCUT2D eigenvalue weighted by Crippen LogP contribution is -2.56. The monoisotopic (exact) mass is 525 g/mol. The fraction of sp³-hybridized carbons (Fsp3) is 0.500. The highest BCUT2D eigenvalue weighted by atomic mass is 35.5. The molecule has 12 heteroatoms. The maximum absolute atomic E-state index is 13.2. The lowest BCUT2D eigenvalue weighted by molar-refractivity contribution is -0.154. The van der Waals surface area contributed by atoms with Crippen LogP contribution in [0.2, 0.25) is 5.02 Å². The van der Waals surface area contributed by atoms with Crippen LogP contribution in [0.1, 0.15) is 49.9 Å². The summed E-state index contributed by atoms with van der Waals surface area (Å²) in [4.78, 5) is 19.5. The minimum atomic E-state index is -4.46. The third kappa shape index (κ3) is 5.89. The van der Waals surface area contributed by atoms with E-state index < -0.39 is 18.3 Å². The molecule has 0 unspecified atom stereocenters. The van der Waals surface area contributed by atoms with Crippen LogP contribution >= 0.6 is 11.6 Å². The van der Waals surface area contributed by atoms with Crippen molar-refractivity contribution in [1.29, 1.82) is 0 Å². The molecule has 2 N–H and O–H groups in total. The molecule has 3 heterocycles. The highest BCUT2D eigenvalue weighted by molar-refractivity contribution is 6.32. The predicted molar refractivity (Wildman–Crippen MR) is 127 cm³/mol. The molecule has 0 radical (unpaired) electrons. The van der Waals surface area contributed by atoms with Crippen molar-refractivity contribution >= 4 is 23.5 Å². The van der Waals surface area contributed by atoms with Crippen molar-refractivity contribution in [2.24, 2.45) is 10.7 Å². The molecule has 1 fully saturated rings. The first-order chi connectivity index (χ1) is 16.9. The van der Waals surface area contributed by atoms with Gasteiger partial charge in [-0.3, -0.25) is 9.69 Å². The lowest BCUT2D eigenvalue weighted by Gasteiger charge is -2.41. The van der Waals surface area contributed by atoms with Crippen LogP contribution in [0.15, 0.2) is 35.3 Å². The molecule has 1 aromatic carbocycles. The van der Waals surface area contributed by atoms with Crippen LogP contribution in [0.5, 0.6) is 5.88 Å². The Morgan fingerprint density at radius 3 is 2.69 bits per heavy atom. The highest BCUT2D eigenvalue weighted by Crippen LogP contribution is 2.40. The molecule has 4 rings (SSSR count). The fourth-order valence-electron chi connectivity index (χ4n) is 4.61. The maximum Gasteiger partial charge on any atom is 0.422 e. The normalized spacial score (nSPS) is 25.0. The van der Waals surface area contributed by atoms with E-state index in [-0.39, 0.29) is 42.7 Å². The van der Waals surface area contributed by atoms with Gasteiger partial charge in [0, 0.05) is 30.2 Å². The first kappa shape index (κ1) is 26.2. The van der Waals surface area contributed by atoms with Crippen LogP contribution in [0.4, 0.5) is 13.2 Å². The third-order valence-corrected chi connectivity index (χ3v) is 6.75. The Morgan fingerprint density at radius 1 is 1.28 bits per heavy atom. The predicted octanol–water partition coefficient (Wildman–Crippen LogP) is 3.99. The summed E-state index contributed by atoms with van der Waals surface area (Å²) in [6.07, 6.45) is -2.66. The number of aliphatic imine (C=N–C) groups is 1. The van der Waals surface area contributed by atoms with E-state index in [2.05, 4.69) is 14.9 Å². The average molecular weight is 526 g/mol. The van der Waals surface area contributed by atoms with Crippen LogP contribution in [0.3, 0.4) is 0 Å². The van der Waals surface area contributed by atoms with E-state index in [0.29, 0.717) is 41.3 Å². The fourth-order valence-corrected chi connectivity index (χ4v) is 5.01. The summed E-state index contributed by atoms with van der Waals surface area (Å²) in [6.45, 7) is 2.91. The van der Waals surface area contributed by atoms with Gasteiger partial charge in [0.15, 0.2) is 12.6 Å². The zero-order chi connectivity index (χ0) is 26.1. The SMILES string of the molecule is C[C@@H]1C[C@H](N2C(=O)C[C@@](C)(c3cccc(Cc4ccc(OCC(F)(F)F)nn4)c3Cl)N=C2N)CCO1. The molecule has 0 bridgehead atoms. The number of halogens is 4. The van der Waals surface area contributed by atoms with Gasteiger partial charge >= 0.3 is 6.18 Å². The standard InChI is InChI=1S/C24H27ClF3N5O3/c1-14-10-17(8-9-35-14)33-20(34)12-23(2,30-22(33)29)18-5-3-4-15(21(18)25)11-16-6-7-19(32-31-16)36-13-24(26,27)28/h3-7,14,17H,8-13H2,1-2H3,(H2,29,30)/t14-,17-,23+/m1/s1. The number of aromatic nitrogens is 2. The van der Waals surface area contributed by atoms with Crippen LogP contribution in [-0.4, -0.2) is 58.5 Å². The second-order valence-corrected chi connectivity index (χ2v) is 9.64. The zero-order valence-electron chi connectivity index (χ0n) is 19.9. The van der Waals surface area contributed by atoms with Crippen LogP contribution in [0, 0.1) is 0 Å². The topological polar surface area (TPSA) is 103 Å². The second-order valence-electron chi connectivity index (χ2n) is 9.27. The summed E-state index contributed by atoms with van der Waals surface area (Å²) in [5.41, 5.74) is 7.19. The van der Waals surface area contributed by atoms with E-state index in [1.807, 2.05) is 19.9 Å². The highest BCUT2D eigenvalue weighted by Gasteiger charge is 2.42. The largest absolute Gasteiger partial charge is 0.467 e. The van der Waals surface area contributed by atoms with Gasteiger partial charge in [-0.05, 0) is 43.9 Å². The number of nitrogens with two attached hydrogens (primary N) is 1. The van der Waals surface area contributed by atoms with Crippen LogP contribution in [-0.2, 0) is 21.5 Å². The molecule has 0 aliphatic carbocycles. The quantitative estimate of drug-likeness (QED) is 0.611. The van der Waals surface area contributed by atoms with E-state index in [4.69, 9.17) is 27.1 Å². The number of alkyl halides is 3. The number of carbonyl (C=O) groups excluding carboxylic acids is 1. The number of rotatable bonds is 6. The van der Waals surface area contributed by atoms with Crippen molar-refractivity contribution in [1.82, 2.24) is 15.1 Å². The number of ether oxygens (including phenoxy) is 2. The van der Waals surface area contributed by atoms with Crippen molar-refractivity contribution in [2.45, 2.75) is 63.4 Å². The van der Waals surface area contributed by atoms with Gasteiger partial charge in [0.05, 0.1) is 23.8 Å². The molecule has 2 aliphatic rings. The van der Waals surface area contributed by atoms with E-state index in [1.165, 1.54) is 12.1 Å². The zero-order valence-corrected chi connectivity index (χ0v) is 20.6.